The largest absolute Gasteiger partial charge is 0.461 e. The molecule has 3 rings (SSSR count). The van der Waals surface area contributed by atoms with Crippen LogP contribution >= 0.6 is 0 Å². The van der Waals surface area contributed by atoms with Gasteiger partial charge in [-0.2, -0.15) is 5.10 Å². The molecule has 2 aromatic heterocycles. The number of H-pyrrole nitrogens is 2. The summed E-state index contributed by atoms with van der Waals surface area (Å²) < 4.78 is 19.0. The Morgan fingerprint density at radius 3 is 2.77 bits per heavy atom. The number of nitrogens with zero attached hydrogens (tertiary/aromatic N) is 1. The summed E-state index contributed by atoms with van der Waals surface area (Å²) in [4.78, 5) is 15.3. The van der Waals surface area contributed by atoms with E-state index in [1.165, 1.54) is 6.07 Å². The highest BCUT2D eigenvalue weighted by molar-refractivity contribution is 5.89. The first-order chi connectivity index (χ1) is 12.5. The molecule has 0 amide bonds. The highest BCUT2D eigenvalue weighted by Gasteiger charge is 2.15. The van der Waals surface area contributed by atoms with Gasteiger partial charge in [0.1, 0.15) is 11.5 Å². The Morgan fingerprint density at radius 2 is 2.04 bits per heavy atom. The molecule has 0 atom stereocenters. The van der Waals surface area contributed by atoms with E-state index in [1.54, 1.807) is 19.2 Å². The molecule has 3 aromatic rings. The van der Waals surface area contributed by atoms with Crippen LogP contribution in [0.4, 0.5) is 4.39 Å². The first-order valence-electron chi connectivity index (χ1n) is 8.74. The number of carbonyl (C=O) groups excluding carboxylic acids is 1. The van der Waals surface area contributed by atoms with Crippen LogP contribution in [0.3, 0.4) is 0 Å². The molecule has 2 heterocycles. The van der Waals surface area contributed by atoms with Crippen LogP contribution in [0.25, 0.3) is 10.9 Å². The number of fused-ring (bicyclic) bond motifs is 1. The van der Waals surface area contributed by atoms with E-state index in [4.69, 9.17) is 4.74 Å². The molecular formula is C19H23FN4O2. The fourth-order valence-corrected chi connectivity index (χ4v) is 3.16. The quantitative estimate of drug-likeness (QED) is 0.566. The number of esters is 1. The summed E-state index contributed by atoms with van der Waals surface area (Å²) in [6.45, 7) is 7.02. The zero-order chi connectivity index (χ0) is 18.7. The normalized spacial score (nSPS) is 11.2. The smallest absolute Gasteiger partial charge is 0.356 e. The van der Waals surface area contributed by atoms with Crippen molar-refractivity contribution < 1.29 is 13.9 Å². The number of benzene rings is 1. The second-order valence-electron chi connectivity index (χ2n) is 6.16. The number of rotatable bonds is 7. The molecule has 0 aliphatic rings. The summed E-state index contributed by atoms with van der Waals surface area (Å²) in [5.74, 6) is -0.683. The van der Waals surface area contributed by atoms with Crippen molar-refractivity contribution in [2.24, 2.45) is 0 Å². The first kappa shape index (κ1) is 18.1. The first-order valence-corrected chi connectivity index (χ1v) is 8.74. The maximum Gasteiger partial charge on any atom is 0.356 e. The van der Waals surface area contributed by atoms with E-state index < -0.39 is 5.97 Å². The van der Waals surface area contributed by atoms with Crippen LogP contribution < -0.4 is 5.32 Å². The van der Waals surface area contributed by atoms with Gasteiger partial charge < -0.3 is 15.0 Å². The van der Waals surface area contributed by atoms with Crippen LogP contribution in [0.1, 0.15) is 46.7 Å². The highest BCUT2D eigenvalue weighted by Crippen LogP contribution is 2.26. The summed E-state index contributed by atoms with van der Waals surface area (Å²) in [6, 6.07) is 3.10. The van der Waals surface area contributed by atoms with Gasteiger partial charge in [-0.3, -0.25) is 5.10 Å². The third kappa shape index (κ3) is 3.48. The molecule has 0 saturated heterocycles. The van der Waals surface area contributed by atoms with E-state index in [9.17, 15) is 9.18 Å². The third-order valence-corrected chi connectivity index (χ3v) is 4.50. The Kier molecular flexibility index (Phi) is 5.37. The van der Waals surface area contributed by atoms with Gasteiger partial charge in [0.2, 0.25) is 0 Å². The van der Waals surface area contributed by atoms with E-state index in [0.717, 1.165) is 34.1 Å². The lowest BCUT2D eigenvalue weighted by atomic mass is 10.1. The highest BCUT2D eigenvalue weighted by atomic mass is 19.1. The maximum atomic E-state index is 14.0. The van der Waals surface area contributed by atoms with Crippen molar-refractivity contribution >= 4 is 16.9 Å². The van der Waals surface area contributed by atoms with Gasteiger partial charge in [-0.1, -0.05) is 6.92 Å². The van der Waals surface area contributed by atoms with Crippen LogP contribution in [0.2, 0.25) is 0 Å². The number of carbonyl (C=O) groups is 1. The van der Waals surface area contributed by atoms with Gasteiger partial charge in [-0.15, -0.1) is 0 Å². The summed E-state index contributed by atoms with van der Waals surface area (Å²) in [5.41, 5.74) is 5.06. The van der Waals surface area contributed by atoms with Crippen LogP contribution in [0, 0.1) is 12.7 Å². The van der Waals surface area contributed by atoms with Gasteiger partial charge in [0.15, 0.2) is 0 Å². The molecule has 0 spiro atoms. The number of hydrogen-bond donors (Lipinski definition) is 3. The van der Waals surface area contributed by atoms with Crippen molar-refractivity contribution in [1.82, 2.24) is 20.5 Å². The summed E-state index contributed by atoms with van der Waals surface area (Å²) in [6.07, 6.45) is 2.46. The predicted octanol–water partition coefficient (Wildman–Crippen LogP) is 3.37. The Bertz CT molecular complexity index is 929. The zero-order valence-electron chi connectivity index (χ0n) is 15.2. The van der Waals surface area contributed by atoms with Crippen molar-refractivity contribution in [1.29, 1.82) is 0 Å². The molecule has 6 nitrogen and oxygen atoms in total. The Balaban J connectivity index is 1.77. The van der Waals surface area contributed by atoms with Gasteiger partial charge in [-0.05, 0) is 43.5 Å². The molecule has 0 radical (unpaired) electrons. The molecule has 0 aliphatic heterocycles. The second-order valence-corrected chi connectivity index (χ2v) is 6.16. The molecule has 0 aliphatic carbocycles. The van der Waals surface area contributed by atoms with Crippen LogP contribution in [0.5, 0.6) is 0 Å². The monoisotopic (exact) mass is 358 g/mol. The fraction of sp³-hybridized carbons (Fsp3) is 0.368. The lowest BCUT2D eigenvalue weighted by Crippen LogP contribution is -2.16. The molecule has 0 fully saturated rings. The number of aromatic amines is 2. The van der Waals surface area contributed by atoms with Crippen LogP contribution in [-0.2, 0) is 24.2 Å². The summed E-state index contributed by atoms with van der Waals surface area (Å²) in [5, 5.41) is 10.7. The van der Waals surface area contributed by atoms with E-state index in [2.05, 4.69) is 27.4 Å². The molecule has 26 heavy (non-hydrogen) atoms. The molecule has 1 aromatic carbocycles. The minimum absolute atomic E-state index is 0.255. The van der Waals surface area contributed by atoms with Crippen molar-refractivity contribution in [2.75, 3.05) is 6.61 Å². The molecule has 0 saturated carbocycles. The number of ether oxygens (including phenoxy) is 1. The molecule has 0 unspecified atom stereocenters. The molecule has 3 N–H and O–H groups in total. The average Bonchev–Trinajstić information content (AvgIpc) is 3.20. The zero-order valence-corrected chi connectivity index (χ0v) is 15.2. The number of aryl methyl sites for hydroxylation is 2. The Hall–Kier alpha value is -2.67. The minimum atomic E-state index is -0.428. The minimum Gasteiger partial charge on any atom is -0.461 e. The Morgan fingerprint density at radius 1 is 1.27 bits per heavy atom. The lowest BCUT2D eigenvalue weighted by molar-refractivity contribution is 0.0518. The van der Waals surface area contributed by atoms with Gasteiger partial charge in [0.05, 0.1) is 18.3 Å². The van der Waals surface area contributed by atoms with Crippen molar-refractivity contribution in [3.63, 3.8) is 0 Å². The third-order valence-electron chi connectivity index (χ3n) is 4.50. The molecule has 138 valence electrons. The molecular weight excluding hydrogens is 335 g/mol. The van der Waals surface area contributed by atoms with Gasteiger partial charge in [0.25, 0.3) is 0 Å². The topological polar surface area (TPSA) is 82.8 Å². The van der Waals surface area contributed by atoms with Gasteiger partial charge in [0, 0.05) is 29.7 Å². The summed E-state index contributed by atoms with van der Waals surface area (Å²) >= 11 is 0. The summed E-state index contributed by atoms with van der Waals surface area (Å²) in [7, 11) is 0. The number of halogens is 1. The van der Waals surface area contributed by atoms with Gasteiger partial charge >= 0.3 is 5.97 Å². The lowest BCUT2D eigenvalue weighted by Gasteiger charge is -2.07. The predicted molar refractivity (Wildman–Crippen MR) is 97.5 cm³/mol. The van der Waals surface area contributed by atoms with Crippen molar-refractivity contribution in [2.45, 2.75) is 40.3 Å². The standard InChI is InChI=1S/C19H23FN4O2/c1-4-16-11(3)15-7-14(20)6-12(17(15)23-16)8-21-9-13-10-22-24-18(13)19(25)26-5-2/h6-7,10,21,23H,4-5,8-9H2,1-3H3,(H,22,24). The number of aromatic nitrogens is 3. The Labute approximate surface area is 151 Å². The van der Waals surface area contributed by atoms with Crippen molar-refractivity contribution in [3.05, 3.63) is 52.2 Å². The number of nitrogens with one attached hydrogen (secondary N) is 3. The van der Waals surface area contributed by atoms with Gasteiger partial charge in [-0.25, -0.2) is 9.18 Å². The molecule has 0 bridgehead atoms. The maximum absolute atomic E-state index is 14.0. The van der Waals surface area contributed by atoms with E-state index in [0.29, 0.717) is 31.0 Å². The van der Waals surface area contributed by atoms with E-state index in [1.807, 2.05) is 6.92 Å². The second kappa shape index (κ2) is 7.70. The average molecular weight is 358 g/mol. The van der Waals surface area contributed by atoms with E-state index >= 15 is 0 Å². The van der Waals surface area contributed by atoms with Crippen molar-refractivity contribution in [3.8, 4) is 0 Å². The molecule has 7 heteroatoms. The SMILES string of the molecule is CCOC(=O)c1[nH]ncc1CNCc1cc(F)cc2c(C)c(CC)[nH]c12. The van der Waals surface area contributed by atoms with E-state index in [-0.39, 0.29) is 5.82 Å². The number of hydrogen-bond acceptors (Lipinski definition) is 4. The fourth-order valence-electron chi connectivity index (χ4n) is 3.16. The van der Waals surface area contributed by atoms with Crippen LogP contribution in [-0.4, -0.2) is 27.8 Å². The van der Waals surface area contributed by atoms with Crippen LogP contribution in [0.15, 0.2) is 18.3 Å².